The first-order valence-corrected chi connectivity index (χ1v) is 9.21. The number of amides is 1. The number of quaternary nitrogens is 1. The van der Waals surface area contributed by atoms with E-state index in [4.69, 9.17) is 9.47 Å². The van der Waals surface area contributed by atoms with Gasteiger partial charge in [-0.25, -0.2) is 0 Å². The topological polar surface area (TPSA) is 43.2 Å². The van der Waals surface area contributed by atoms with E-state index in [0.717, 1.165) is 32.1 Å². The summed E-state index contributed by atoms with van der Waals surface area (Å²) >= 11 is 0. The zero-order valence-electron chi connectivity index (χ0n) is 15.3. The number of ether oxygens (including phenoxy) is 2. The summed E-state index contributed by atoms with van der Waals surface area (Å²) in [5, 5.41) is 0. The van der Waals surface area contributed by atoms with Crippen molar-refractivity contribution >= 4 is 5.91 Å². The van der Waals surface area contributed by atoms with Gasteiger partial charge in [0, 0.05) is 5.92 Å². The van der Waals surface area contributed by atoms with Gasteiger partial charge in [0.05, 0.1) is 52.5 Å². The number of nitrogens with zero attached hydrogens (tertiary/aromatic N) is 1. The molecule has 1 aliphatic carbocycles. The van der Waals surface area contributed by atoms with Crippen molar-refractivity contribution in [1.82, 2.24) is 4.90 Å². The predicted octanol–water partition coefficient (Wildman–Crippen LogP) is 1.40. The Labute approximate surface area is 150 Å². The van der Waals surface area contributed by atoms with Crippen LogP contribution in [0.3, 0.4) is 0 Å². The van der Waals surface area contributed by atoms with Gasteiger partial charge in [0.2, 0.25) is 0 Å². The average Bonchev–Trinajstić information content (AvgIpc) is 2.68. The first-order chi connectivity index (χ1) is 12.2. The normalized spacial score (nSPS) is 21.2. The highest BCUT2D eigenvalue weighted by Crippen LogP contribution is 2.31. The van der Waals surface area contributed by atoms with Gasteiger partial charge in [-0.1, -0.05) is 18.2 Å². The molecule has 136 valence electrons. The first-order valence-electron chi connectivity index (χ1n) is 9.21. The van der Waals surface area contributed by atoms with Crippen LogP contribution >= 0.6 is 0 Å². The number of carbonyl (C=O) groups is 1. The number of methoxy groups -OCH3 is 2. The van der Waals surface area contributed by atoms with Crippen molar-refractivity contribution in [3.05, 3.63) is 35.9 Å². The van der Waals surface area contributed by atoms with E-state index in [9.17, 15) is 4.79 Å². The quantitative estimate of drug-likeness (QED) is 0.821. The Morgan fingerprint density at radius 3 is 2.64 bits per heavy atom. The van der Waals surface area contributed by atoms with Gasteiger partial charge in [0.1, 0.15) is 0 Å². The van der Waals surface area contributed by atoms with Gasteiger partial charge in [0.15, 0.2) is 11.5 Å². The molecule has 0 saturated carbocycles. The fraction of sp³-hybridized carbons (Fsp3) is 0.550. The molecule has 5 nitrogen and oxygen atoms in total. The number of hydrogen-bond donors (Lipinski definition) is 1. The van der Waals surface area contributed by atoms with Gasteiger partial charge in [-0.15, -0.1) is 0 Å². The first kappa shape index (κ1) is 17.8. The van der Waals surface area contributed by atoms with E-state index in [-0.39, 0.29) is 5.91 Å². The Hall–Kier alpha value is -2.01. The largest absolute Gasteiger partial charge is 0.493 e. The Kier molecular flexibility index (Phi) is 5.97. The van der Waals surface area contributed by atoms with Crippen molar-refractivity contribution in [3.63, 3.8) is 0 Å². The molecule has 1 N–H and O–H groups in total. The second-order valence-corrected chi connectivity index (χ2v) is 6.94. The zero-order valence-corrected chi connectivity index (χ0v) is 15.3. The van der Waals surface area contributed by atoms with Gasteiger partial charge in [-0.3, -0.25) is 4.79 Å². The maximum absolute atomic E-state index is 12.9. The van der Waals surface area contributed by atoms with Crippen LogP contribution in [0, 0.1) is 5.92 Å². The fourth-order valence-electron chi connectivity index (χ4n) is 3.91. The molecule has 1 atom stereocenters. The molecule has 0 radical (unpaired) electrons. The molecule has 1 heterocycles. The third-order valence-electron chi connectivity index (χ3n) is 5.35. The van der Waals surface area contributed by atoms with E-state index >= 15 is 0 Å². The average molecular weight is 345 g/mol. The second kappa shape index (κ2) is 8.39. The van der Waals surface area contributed by atoms with Crippen molar-refractivity contribution in [2.24, 2.45) is 5.92 Å². The Morgan fingerprint density at radius 1 is 1.20 bits per heavy atom. The van der Waals surface area contributed by atoms with Crippen molar-refractivity contribution in [3.8, 4) is 11.5 Å². The van der Waals surface area contributed by atoms with E-state index in [1.807, 2.05) is 23.1 Å². The Balaban J connectivity index is 1.59. The third kappa shape index (κ3) is 4.15. The molecule has 0 bridgehead atoms. The van der Waals surface area contributed by atoms with Gasteiger partial charge in [-0.2, -0.15) is 0 Å². The van der Waals surface area contributed by atoms with Crippen molar-refractivity contribution < 1.29 is 19.2 Å². The van der Waals surface area contributed by atoms with Gasteiger partial charge < -0.3 is 19.3 Å². The molecule has 1 aliphatic heterocycles. The highest BCUT2D eigenvalue weighted by molar-refractivity contribution is 5.97. The maximum atomic E-state index is 12.9. The van der Waals surface area contributed by atoms with Crippen LogP contribution in [0.15, 0.2) is 30.4 Å². The number of carbonyl (C=O) groups excluding carboxylic acids is 1. The monoisotopic (exact) mass is 345 g/mol. The fourth-order valence-corrected chi connectivity index (χ4v) is 3.91. The minimum absolute atomic E-state index is 0.0374. The molecule has 0 aromatic heterocycles. The molecular formula is C20H29N2O3+. The van der Waals surface area contributed by atoms with E-state index in [0.29, 0.717) is 17.1 Å². The van der Waals surface area contributed by atoms with E-state index < -0.39 is 0 Å². The van der Waals surface area contributed by atoms with Crippen LogP contribution in [0.5, 0.6) is 11.5 Å². The van der Waals surface area contributed by atoms with E-state index in [1.165, 1.54) is 25.8 Å². The lowest BCUT2D eigenvalue weighted by Crippen LogP contribution is -3.15. The van der Waals surface area contributed by atoms with Crippen molar-refractivity contribution in [2.45, 2.75) is 19.3 Å². The second-order valence-electron chi connectivity index (χ2n) is 6.94. The molecule has 1 saturated heterocycles. The molecule has 0 unspecified atom stereocenters. The third-order valence-corrected chi connectivity index (χ3v) is 5.35. The lowest BCUT2D eigenvalue weighted by molar-refractivity contribution is -0.907. The van der Waals surface area contributed by atoms with Crippen LogP contribution in [0.4, 0.5) is 0 Å². The minimum Gasteiger partial charge on any atom is -0.493 e. The Morgan fingerprint density at radius 2 is 2.00 bits per heavy atom. The van der Waals surface area contributed by atoms with Crippen LogP contribution in [-0.4, -0.2) is 57.8 Å². The minimum atomic E-state index is 0.0374. The summed E-state index contributed by atoms with van der Waals surface area (Å²) in [6, 6.07) is 5.47. The summed E-state index contributed by atoms with van der Waals surface area (Å²) < 4.78 is 10.7. The molecule has 25 heavy (non-hydrogen) atoms. The smallest absolute Gasteiger partial charge is 0.258 e. The van der Waals surface area contributed by atoms with Gasteiger partial charge >= 0.3 is 0 Å². The summed E-state index contributed by atoms with van der Waals surface area (Å²) in [6.07, 6.45) is 8.36. The molecule has 2 aliphatic rings. The zero-order chi connectivity index (χ0) is 17.6. The summed E-state index contributed by atoms with van der Waals surface area (Å²) in [5.41, 5.74) is 0.586. The number of para-hydroxylation sites is 1. The van der Waals surface area contributed by atoms with Crippen LogP contribution in [-0.2, 0) is 0 Å². The maximum Gasteiger partial charge on any atom is 0.258 e. The van der Waals surface area contributed by atoms with Crippen molar-refractivity contribution in [1.29, 1.82) is 0 Å². The number of hydrogen-bond acceptors (Lipinski definition) is 3. The molecule has 5 heteroatoms. The number of allylic oxidation sites excluding steroid dienone is 2. The SMILES string of the molecule is COc1cccc(C(=O)N2CC[NH+](C[C@@H]3CC=CCC3)CC2)c1OC. The highest BCUT2D eigenvalue weighted by Gasteiger charge is 2.28. The van der Waals surface area contributed by atoms with E-state index in [2.05, 4.69) is 12.2 Å². The molecule has 1 amide bonds. The molecule has 0 spiro atoms. The molecule has 1 aromatic rings. The molecule has 1 fully saturated rings. The number of benzene rings is 1. The molecule has 1 aromatic carbocycles. The lowest BCUT2D eigenvalue weighted by atomic mass is 9.94. The predicted molar refractivity (Wildman–Crippen MR) is 97.5 cm³/mol. The standard InChI is InChI=1S/C20H28N2O3/c1-24-18-10-6-9-17(19(18)25-2)20(23)22-13-11-21(12-14-22)15-16-7-4-3-5-8-16/h3-4,6,9-10,16H,5,7-8,11-15H2,1-2H3/p+1/t16-/m1/s1. The number of nitrogens with one attached hydrogen (secondary N) is 1. The van der Waals surface area contributed by atoms with Crippen LogP contribution in [0.1, 0.15) is 29.6 Å². The van der Waals surface area contributed by atoms with Crippen LogP contribution in [0.25, 0.3) is 0 Å². The number of rotatable bonds is 5. The lowest BCUT2D eigenvalue weighted by Gasteiger charge is -2.34. The summed E-state index contributed by atoms with van der Waals surface area (Å²) in [7, 11) is 3.17. The van der Waals surface area contributed by atoms with Crippen LogP contribution < -0.4 is 14.4 Å². The van der Waals surface area contributed by atoms with Crippen molar-refractivity contribution in [2.75, 3.05) is 46.9 Å². The Bertz CT molecular complexity index is 621. The van der Waals surface area contributed by atoms with Gasteiger partial charge in [-0.05, 0) is 31.4 Å². The summed E-state index contributed by atoms with van der Waals surface area (Å²) in [6.45, 7) is 4.89. The van der Waals surface area contributed by atoms with Crippen LogP contribution in [0.2, 0.25) is 0 Å². The van der Waals surface area contributed by atoms with Gasteiger partial charge in [0.25, 0.3) is 5.91 Å². The number of piperazine rings is 1. The summed E-state index contributed by atoms with van der Waals surface area (Å²) in [4.78, 5) is 16.5. The molecule has 3 rings (SSSR count). The highest BCUT2D eigenvalue weighted by atomic mass is 16.5. The molecular weight excluding hydrogens is 316 g/mol. The van der Waals surface area contributed by atoms with E-state index in [1.54, 1.807) is 19.1 Å². The summed E-state index contributed by atoms with van der Waals surface area (Å²) in [5.74, 6) is 1.97.